The van der Waals surface area contributed by atoms with Gasteiger partial charge in [-0.1, -0.05) is 0 Å². The summed E-state index contributed by atoms with van der Waals surface area (Å²) >= 11 is 0. The van der Waals surface area contributed by atoms with Gasteiger partial charge in [0.2, 0.25) is 0 Å². The van der Waals surface area contributed by atoms with Crippen LogP contribution in [0.4, 0.5) is 0 Å². The third-order valence-electron chi connectivity index (χ3n) is 1.45. The highest BCUT2D eigenvalue weighted by Gasteiger charge is 1.93. The molecule has 0 saturated heterocycles. The van der Waals surface area contributed by atoms with Crippen molar-refractivity contribution in [2.75, 3.05) is 47.4 Å². The number of hydrogen-bond donors (Lipinski definition) is 1. The molecule has 12 heavy (non-hydrogen) atoms. The highest BCUT2D eigenvalue weighted by Crippen LogP contribution is 1.85. The third kappa shape index (κ3) is 9.84. The zero-order chi connectivity index (χ0) is 9.40. The molecule has 0 aromatic carbocycles. The number of ether oxygens (including phenoxy) is 1. The number of likely N-dealkylation sites (N-methyl/N-ethyl adjacent to an activating group) is 1. The van der Waals surface area contributed by atoms with Crippen LogP contribution in [0.25, 0.3) is 0 Å². The van der Waals surface area contributed by atoms with Gasteiger partial charge in [0.1, 0.15) is 0 Å². The lowest BCUT2D eigenvalue weighted by atomic mass is 10.4. The molecule has 0 amide bonds. The van der Waals surface area contributed by atoms with Gasteiger partial charge in [0.05, 0.1) is 6.61 Å². The second-order valence-electron chi connectivity index (χ2n) is 3.15. The van der Waals surface area contributed by atoms with Crippen molar-refractivity contribution in [1.82, 2.24) is 9.96 Å². The molecule has 74 valence electrons. The molecule has 4 nitrogen and oxygen atoms in total. The molecule has 0 spiro atoms. The summed E-state index contributed by atoms with van der Waals surface area (Å²) in [7, 11) is 5.70. The highest BCUT2D eigenvalue weighted by molar-refractivity contribution is 4.43. The molecule has 0 saturated carbocycles. The summed E-state index contributed by atoms with van der Waals surface area (Å²) in [5.74, 6) is 0. The maximum atomic E-state index is 8.74. The Hall–Kier alpha value is -0.160. The van der Waals surface area contributed by atoms with E-state index < -0.39 is 0 Å². The van der Waals surface area contributed by atoms with Crippen molar-refractivity contribution in [2.45, 2.75) is 6.42 Å². The van der Waals surface area contributed by atoms with Gasteiger partial charge in [0.25, 0.3) is 0 Å². The second-order valence-corrected chi connectivity index (χ2v) is 3.15. The molecule has 0 rings (SSSR count). The van der Waals surface area contributed by atoms with Crippen LogP contribution in [-0.4, -0.2) is 62.6 Å². The minimum atomic E-state index is 0.571. The molecule has 0 aliphatic rings. The lowest BCUT2D eigenvalue weighted by Gasteiger charge is -2.10. The predicted octanol–water partition coefficient (Wildman–Crippen LogP) is 0.276. The summed E-state index contributed by atoms with van der Waals surface area (Å²) in [4.78, 5) is 2.13. The maximum absolute atomic E-state index is 8.74. The summed E-state index contributed by atoms with van der Waals surface area (Å²) in [6, 6.07) is 0. The van der Waals surface area contributed by atoms with E-state index in [4.69, 9.17) is 9.94 Å². The Morgan fingerprint density at radius 3 is 2.25 bits per heavy atom. The van der Waals surface area contributed by atoms with Crippen molar-refractivity contribution >= 4 is 0 Å². The van der Waals surface area contributed by atoms with E-state index in [2.05, 4.69) is 4.90 Å². The van der Waals surface area contributed by atoms with Crippen molar-refractivity contribution < 1.29 is 9.94 Å². The standard InChI is InChI=1S/C8H20N2O2/c1-9(2)5-4-7-12-8-6-10(3)11/h11H,4-8H2,1-3H3. The molecule has 0 fully saturated rings. The van der Waals surface area contributed by atoms with Crippen molar-refractivity contribution in [2.24, 2.45) is 0 Å². The van der Waals surface area contributed by atoms with Crippen LogP contribution < -0.4 is 0 Å². The molecule has 0 aromatic heterocycles. The monoisotopic (exact) mass is 176 g/mol. The lowest BCUT2D eigenvalue weighted by molar-refractivity contribution is -0.0804. The largest absolute Gasteiger partial charge is 0.380 e. The molecular weight excluding hydrogens is 156 g/mol. The van der Waals surface area contributed by atoms with Crippen LogP contribution in [0.2, 0.25) is 0 Å². The Morgan fingerprint density at radius 1 is 1.08 bits per heavy atom. The summed E-state index contributed by atoms with van der Waals surface area (Å²) in [5.41, 5.74) is 0. The molecular formula is C8H20N2O2. The van der Waals surface area contributed by atoms with Gasteiger partial charge in [-0.15, -0.1) is 0 Å². The van der Waals surface area contributed by atoms with Gasteiger partial charge in [-0.3, -0.25) is 0 Å². The summed E-state index contributed by atoms with van der Waals surface area (Å²) < 4.78 is 5.27. The molecule has 0 aliphatic heterocycles. The summed E-state index contributed by atoms with van der Waals surface area (Å²) in [6.45, 7) is 2.99. The first-order valence-electron chi connectivity index (χ1n) is 4.25. The Balaban J connectivity index is 2.91. The fourth-order valence-corrected chi connectivity index (χ4v) is 0.782. The van der Waals surface area contributed by atoms with Gasteiger partial charge in [-0.05, 0) is 27.1 Å². The topological polar surface area (TPSA) is 35.9 Å². The van der Waals surface area contributed by atoms with E-state index in [-0.39, 0.29) is 0 Å². The van der Waals surface area contributed by atoms with Crippen LogP contribution in [0.15, 0.2) is 0 Å². The van der Waals surface area contributed by atoms with Crippen molar-refractivity contribution in [1.29, 1.82) is 0 Å². The average Bonchev–Trinajstić information content (AvgIpc) is 1.95. The molecule has 0 bridgehead atoms. The smallest absolute Gasteiger partial charge is 0.0616 e. The summed E-state index contributed by atoms with van der Waals surface area (Å²) in [5, 5.41) is 9.87. The first kappa shape index (κ1) is 11.8. The highest BCUT2D eigenvalue weighted by atomic mass is 16.5. The van der Waals surface area contributed by atoms with E-state index in [0.717, 1.165) is 24.6 Å². The van der Waals surface area contributed by atoms with E-state index in [1.807, 2.05) is 14.1 Å². The molecule has 0 aromatic rings. The molecule has 4 heteroatoms. The zero-order valence-electron chi connectivity index (χ0n) is 8.29. The Kier molecular flexibility index (Phi) is 7.39. The molecule has 0 atom stereocenters. The van der Waals surface area contributed by atoms with Crippen LogP contribution in [0.5, 0.6) is 0 Å². The zero-order valence-corrected chi connectivity index (χ0v) is 8.29. The van der Waals surface area contributed by atoms with E-state index in [1.165, 1.54) is 0 Å². The minimum Gasteiger partial charge on any atom is -0.380 e. The molecule has 0 aliphatic carbocycles. The lowest BCUT2D eigenvalue weighted by Crippen LogP contribution is -2.20. The first-order chi connectivity index (χ1) is 5.63. The molecule has 1 N–H and O–H groups in total. The van der Waals surface area contributed by atoms with E-state index in [0.29, 0.717) is 13.2 Å². The number of rotatable bonds is 7. The van der Waals surface area contributed by atoms with Gasteiger partial charge in [-0.2, -0.15) is 5.06 Å². The third-order valence-corrected chi connectivity index (χ3v) is 1.45. The summed E-state index contributed by atoms with van der Waals surface area (Å²) in [6.07, 6.45) is 1.04. The van der Waals surface area contributed by atoms with Gasteiger partial charge >= 0.3 is 0 Å². The number of nitrogens with zero attached hydrogens (tertiary/aromatic N) is 2. The molecule has 0 radical (unpaired) electrons. The van der Waals surface area contributed by atoms with Crippen molar-refractivity contribution in [3.05, 3.63) is 0 Å². The molecule has 0 unspecified atom stereocenters. The molecule has 0 heterocycles. The van der Waals surface area contributed by atoms with Crippen LogP contribution in [-0.2, 0) is 4.74 Å². The fourth-order valence-electron chi connectivity index (χ4n) is 0.782. The van der Waals surface area contributed by atoms with E-state index >= 15 is 0 Å². The van der Waals surface area contributed by atoms with Crippen LogP contribution in [0, 0.1) is 0 Å². The minimum absolute atomic E-state index is 0.571. The van der Waals surface area contributed by atoms with Gasteiger partial charge < -0.3 is 14.8 Å². The predicted molar refractivity (Wildman–Crippen MR) is 48.4 cm³/mol. The average molecular weight is 176 g/mol. The van der Waals surface area contributed by atoms with Crippen LogP contribution in [0.1, 0.15) is 6.42 Å². The Morgan fingerprint density at radius 2 is 1.75 bits per heavy atom. The SMILES string of the molecule is CN(C)CCCOCCN(C)O. The fraction of sp³-hybridized carbons (Fsp3) is 1.00. The van der Waals surface area contributed by atoms with Crippen LogP contribution >= 0.6 is 0 Å². The maximum Gasteiger partial charge on any atom is 0.0616 e. The van der Waals surface area contributed by atoms with Crippen molar-refractivity contribution in [3.8, 4) is 0 Å². The van der Waals surface area contributed by atoms with E-state index in [9.17, 15) is 0 Å². The van der Waals surface area contributed by atoms with E-state index in [1.54, 1.807) is 7.05 Å². The van der Waals surface area contributed by atoms with Crippen molar-refractivity contribution in [3.63, 3.8) is 0 Å². The van der Waals surface area contributed by atoms with Gasteiger partial charge in [0.15, 0.2) is 0 Å². The van der Waals surface area contributed by atoms with Gasteiger partial charge in [-0.25, -0.2) is 0 Å². The number of hydrogen-bond acceptors (Lipinski definition) is 4. The first-order valence-corrected chi connectivity index (χ1v) is 4.25. The van der Waals surface area contributed by atoms with Gasteiger partial charge in [0, 0.05) is 20.2 Å². The Labute approximate surface area is 74.7 Å². The second kappa shape index (κ2) is 7.49. The van der Waals surface area contributed by atoms with Crippen LogP contribution in [0.3, 0.4) is 0 Å². The Bertz CT molecular complexity index is 85.1. The normalized spacial score (nSPS) is 11.5. The number of hydroxylamine groups is 2. The quantitative estimate of drug-likeness (QED) is 0.446.